The van der Waals surface area contributed by atoms with Crippen LogP contribution in [0, 0.1) is 0 Å². The van der Waals surface area contributed by atoms with Crippen molar-refractivity contribution in [1.29, 1.82) is 0 Å². The Balaban J connectivity index is 2.07. The number of methoxy groups -OCH3 is 1. The Hall–Kier alpha value is -2.95. The lowest BCUT2D eigenvalue weighted by molar-refractivity contribution is 0.280. The molecule has 0 saturated heterocycles. The van der Waals surface area contributed by atoms with Crippen LogP contribution in [0.4, 0.5) is 0 Å². The number of phenolic OH excluding ortho intramolecular Hbond substituents is 1. The van der Waals surface area contributed by atoms with Gasteiger partial charge in [0, 0.05) is 6.07 Å². The molecule has 5 nitrogen and oxygen atoms in total. The second kappa shape index (κ2) is 5.81. The number of hydrogen-bond acceptors (Lipinski definition) is 5. The molecule has 0 radical (unpaired) electrons. The van der Waals surface area contributed by atoms with Crippen LogP contribution in [0.5, 0.6) is 17.2 Å². The van der Waals surface area contributed by atoms with Crippen molar-refractivity contribution in [3.8, 4) is 17.2 Å². The Bertz CT molecular complexity index is 852. The average molecular weight is 298 g/mol. The van der Waals surface area contributed by atoms with Crippen molar-refractivity contribution in [2.45, 2.75) is 6.61 Å². The van der Waals surface area contributed by atoms with E-state index in [9.17, 15) is 9.90 Å². The zero-order chi connectivity index (χ0) is 15.5. The maximum atomic E-state index is 12.0. The Morgan fingerprint density at radius 3 is 2.59 bits per heavy atom. The SMILES string of the molecule is COc1c(OCc2ccccc2)c2ccc(O)cc2oc1=O. The highest BCUT2D eigenvalue weighted by molar-refractivity contribution is 5.86. The molecule has 0 bridgehead atoms. The summed E-state index contributed by atoms with van der Waals surface area (Å²) in [6.07, 6.45) is 0. The second-order valence-corrected chi connectivity index (χ2v) is 4.71. The van der Waals surface area contributed by atoms with Gasteiger partial charge in [0.05, 0.1) is 12.5 Å². The lowest BCUT2D eigenvalue weighted by Crippen LogP contribution is -2.08. The van der Waals surface area contributed by atoms with Gasteiger partial charge in [-0.2, -0.15) is 0 Å². The molecular weight excluding hydrogens is 284 g/mol. The first-order valence-corrected chi connectivity index (χ1v) is 6.69. The van der Waals surface area contributed by atoms with Gasteiger partial charge in [0.25, 0.3) is 0 Å². The third-order valence-corrected chi connectivity index (χ3v) is 3.23. The molecule has 0 fully saturated rings. The molecule has 1 heterocycles. The molecule has 0 saturated carbocycles. The van der Waals surface area contributed by atoms with E-state index < -0.39 is 5.63 Å². The summed E-state index contributed by atoms with van der Waals surface area (Å²) in [6.45, 7) is 0.288. The Morgan fingerprint density at radius 1 is 1.09 bits per heavy atom. The van der Waals surface area contributed by atoms with E-state index in [0.29, 0.717) is 11.1 Å². The quantitative estimate of drug-likeness (QED) is 0.750. The van der Waals surface area contributed by atoms with Crippen LogP contribution < -0.4 is 15.1 Å². The highest BCUT2D eigenvalue weighted by Gasteiger charge is 2.17. The smallest absolute Gasteiger partial charge is 0.383 e. The Labute approximate surface area is 126 Å². The van der Waals surface area contributed by atoms with Crippen molar-refractivity contribution in [3.63, 3.8) is 0 Å². The lowest BCUT2D eigenvalue weighted by atomic mass is 10.2. The van der Waals surface area contributed by atoms with E-state index in [1.165, 1.54) is 19.2 Å². The molecular formula is C17H14O5. The van der Waals surface area contributed by atoms with Crippen molar-refractivity contribution >= 4 is 11.0 Å². The number of rotatable bonds is 4. The molecule has 0 aliphatic rings. The van der Waals surface area contributed by atoms with Gasteiger partial charge in [-0.15, -0.1) is 0 Å². The average Bonchev–Trinajstić information content (AvgIpc) is 2.53. The van der Waals surface area contributed by atoms with E-state index in [4.69, 9.17) is 13.9 Å². The van der Waals surface area contributed by atoms with E-state index in [-0.39, 0.29) is 23.7 Å². The molecule has 2 aromatic carbocycles. The Kier molecular flexibility index (Phi) is 3.70. The van der Waals surface area contributed by atoms with Crippen LogP contribution in [0.1, 0.15) is 5.56 Å². The number of ether oxygens (including phenoxy) is 2. The van der Waals surface area contributed by atoms with Crippen molar-refractivity contribution < 1.29 is 19.0 Å². The molecule has 22 heavy (non-hydrogen) atoms. The highest BCUT2D eigenvalue weighted by atomic mass is 16.5. The van der Waals surface area contributed by atoms with Gasteiger partial charge in [0.15, 0.2) is 5.75 Å². The van der Waals surface area contributed by atoms with Crippen LogP contribution in [0.2, 0.25) is 0 Å². The minimum atomic E-state index is -0.649. The maximum Gasteiger partial charge on any atom is 0.383 e. The van der Waals surface area contributed by atoms with E-state index in [2.05, 4.69) is 0 Å². The molecule has 0 aliphatic carbocycles. The molecule has 5 heteroatoms. The molecule has 0 spiro atoms. The van der Waals surface area contributed by atoms with Gasteiger partial charge >= 0.3 is 5.63 Å². The topological polar surface area (TPSA) is 68.9 Å². The lowest BCUT2D eigenvalue weighted by Gasteiger charge is -2.12. The van der Waals surface area contributed by atoms with Crippen molar-refractivity contribution in [2.75, 3.05) is 7.11 Å². The fraction of sp³-hybridized carbons (Fsp3) is 0.118. The van der Waals surface area contributed by atoms with Gasteiger partial charge in [-0.05, 0) is 17.7 Å². The van der Waals surface area contributed by atoms with Gasteiger partial charge in [0.2, 0.25) is 5.75 Å². The minimum Gasteiger partial charge on any atom is -0.508 e. The molecule has 0 atom stereocenters. The van der Waals surface area contributed by atoms with Gasteiger partial charge in [-0.3, -0.25) is 0 Å². The zero-order valence-electron chi connectivity index (χ0n) is 11.9. The van der Waals surface area contributed by atoms with Gasteiger partial charge in [0.1, 0.15) is 17.9 Å². The molecule has 1 aromatic heterocycles. The van der Waals surface area contributed by atoms with Crippen LogP contribution in [0.3, 0.4) is 0 Å². The first-order chi connectivity index (χ1) is 10.7. The minimum absolute atomic E-state index is 0.00845. The molecule has 112 valence electrons. The molecule has 3 rings (SSSR count). The van der Waals surface area contributed by atoms with Crippen LogP contribution >= 0.6 is 0 Å². The van der Waals surface area contributed by atoms with Crippen LogP contribution in [0.25, 0.3) is 11.0 Å². The van der Waals surface area contributed by atoms with E-state index in [1.807, 2.05) is 30.3 Å². The summed E-state index contributed by atoms with van der Waals surface area (Å²) >= 11 is 0. The number of benzene rings is 2. The first-order valence-electron chi connectivity index (χ1n) is 6.69. The van der Waals surface area contributed by atoms with Gasteiger partial charge < -0.3 is 19.0 Å². The summed E-state index contributed by atoms with van der Waals surface area (Å²) in [6, 6.07) is 14.1. The van der Waals surface area contributed by atoms with Crippen LogP contribution in [-0.4, -0.2) is 12.2 Å². The monoisotopic (exact) mass is 298 g/mol. The van der Waals surface area contributed by atoms with Crippen LogP contribution in [-0.2, 0) is 6.61 Å². The van der Waals surface area contributed by atoms with Crippen LogP contribution in [0.15, 0.2) is 57.7 Å². The predicted molar refractivity (Wildman–Crippen MR) is 81.5 cm³/mol. The van der Waals surface area contributed by atoms with Crippen molar-refractivity contribution in [3.05, 3.63) is 64.5 Å². The first kappa shape index (κ1) is 14.0. The summed E-state index contributed by atoms with van der Waals surface area (Å²) in [4.78, 5) is 12.0. The highest BCUT2D eigenvalue weighted by Crippen LogP contribution is 2.34. The molecule has 0 aliphatic heterocycles. The van der Waals surface area contributed by atoms with Crippen molar-refractivity contribution in [2.24, 2.45) is 0 Å². The summed E-state index contributed by atoms with van der Waals surface area (Å²) in [5, 5.41) is 10.1. The molecule has 0 amide bonds. The maximum absolute atomic E-state index is 12.0. The number of aromatic hydroxyl groups is 1. The predicted octanol–water partition coefficient (Wildman–Crippen LogP) is 3.09. The summed E-state index contributed by atoms with van der Waals surface area (Å²) in [5.41, 5.74) is 0.558. The fourth-order valence-corrected chi connectivity index (χ4v) is 2.19. The number of phenols is 1. The summed E-state index contributed by atoms with van der Waals surface area (Å²) in [7, 11) is 1.38. The summed E-state index contributed by atoms with van der Waals surface area (Å²) < 4.78 is 16.0. The normalized spacial score (nSPS) is 10.6. The second-order valence-electron chi connectivity index (χ2n) is 4.71. The van der Waals surface area contributed by atoms with Gasteiger partial charge in [-0.1, -0.05) is 30.3 Å². The molecule has 1 N–H and O–H groups in total. The third-order valence-electron chi connectivity index (χ3n) is 3.23. The molecule has 3 aromatic rings. The fourth-order valence-electron chi connectivity index (χ4n) is 2.19. The van der Waals surface area contributed by atoms with Crippen molar-refractivity contribution in [1.82, 2.24) is 0 Å². The summed E-state index contributed by atoms with van der Waals surface area (Å²) in [5.74, 6) is 0.321. The van der Waals surface area contributed by atoms with E-state index >= 15 is 0 Å². The number of fused-ring (bicyclic) bond motifs is 1. The third kappa shape index (κ3) is 2.61. The van der Waals surface area contributed by atoms with E-state index in [1.54, 1.807) is 6.07 Å². The Morgan fingerprint density at radius 2 is 1.86 bits per heavy atom. The molecule has 0 unspecified atom stereocenters. The van der Waals surface area contributed by atoms with Gasteiger partial charge in [-0.25, -0.2) is 4.79 Å². The van der Waals surface area contributed by atoms with E-state index in [0.717, 1.165) is 5.56 Å². The largest absolute Gasteiger partial charge is 0.508 e. The zero-order valence-corrected chi connectivity index (χ0v) is 11.9. The number of hydrogen-bond donors (Lipinski definition) is 1. The standard InChI is InChI=1S/C17H14O5/c1-20-16-15(21-10-11-5-3-2-4-6-11)13-8-7-12(18)9-14(13)22-17(16)19/h2-9,18H,10H2,1H3.